The molecular formula is C28H40N4O3. The van der Waals surface area contributed by atoms with Gasteiger partial charge >= 0.3 is 0 Å². The fraction of sp³-hybridized carbons (Fsp3) is 0.607. The summed E-state index contributed by atoms with van der Waals surface area (Å²) in [6, 6.07) is 10.2. The molecule has 2 aliphatic rings. The molecule has 190 valence electrons. The molecule has 1 aromatic carbocycles. The van der Waals surface area contributed by atoms with E-state index < -0.39 is 0 Å². The number of aryl methyl sites for hydroxylation is 1. The number of unbranched alkanes of at least 4 members (excludes halogenated alkanes) is 1. The number of rotatable bonds is 9. The number of nitrogens with zero attached hydrogens (tertiary/aromatic N) is 4. The van der Waals surface area contributed by atoms with Crippen molar-refractivity contribution in [3.63, 3.8) is 0 Å². The van der Waals surface area contributed by atoms with E-state index in [4.69, 9.17) is 9.47 Å². The van der Waals surface area contributed by atoms with Crippen LogP contribution in [0.25, 0.3) is 11.1 Å². The Labute approximate surface area is 209 Å². The molecule has 7 nitrogen and oxygen atoms in total. The Morgan fingerprint density at radius 2 is 1.91 bits per heavy atom. The van der Waals surface area contributed by atoms with E-state index in [-0.39, 0.29) is 12.0 Å². The first-order valence-corrected chi connectivity index (χ1v) is 13.2. The second-order valence-corrected chi connectivity index (χ2v) is 10.1. The van der Waals surface area contributed by atoms with Crippen LogP contribution < -0.4 is 4.74 Å². The van der Waals surface area contributed by atoms with Crippen molar-refractivity contribution in [3.05, 3.63) is 41.7 Å². The van der Waals surface area contributed by atoms with Gasteiger partial charge in [-0.05, 0) is 76.4 Å². The van der Waals surface area contributed by atoms with Crippen molar-refractivity contribution in [1.29, 1.82) is 0 Å². The lowest BCUT2D eigenvalue weighted by Crippen LogP contribution is -2.49. The van der Waals surface area contributed by atoms with Gasteiger partial charge in [0.25, 0.3) is 5.91 Å². The van der Waals surface area contributed by atoms with Gasteiger partial charge < -0.3 is 19.3 Å². The number of hydrogen-bond acceptors (Lipinski definition) is 6. The summed E-state index contributed by atoms with van der Waals surface area (Å²) < 4.78 is 12.1. The van der Waals surface area contributed by atoms with Crippen LogP contribution in [0.4, 0.5) is 0 Å². The van der Waals surface area contributed by atoms with E-state index in [0.717, 1.165) is 61.2 Å². The number of carbonyl (C=O) groups excluding carboxylic acids is 1. The van der Waals surface area contributed by atoms with Gasteiger partial charge in [-0.15, -0.1) is 5.10 Å². The van der Waals surface area contributed by atoms with Crippen molar-refractivity contribution >= 4 is 5.91 Å². The molecule has 4 rings (SSSR count). The second-order valence-electron chi connectivity index (χ2n) is 10.1. The van der Waals surface area contributed by atoms with Gasteiger partial charge in [-0.3, -0.25) is 4.79 Å². The van der Waals surface area contributed by atoms with E-state index >= 15 is 0 Å². The zero-order valence-corrected chi connectivity index (χ0v) is 21.5. The highest BCUT2D eigenvalue weighted by atomic mass is 16.5. The molecule has 2 aromatic rings. The average Bonchev–Trinajstić information content (AvgIpc) is 2.88. The third-order valence-electron chi connectivity index (χ3n) is 6.87. The smallest absolute Gasteiger partial charge is 0.274 e. The fourth-order valence-electron chi connectivity index (χ4n) is 4.97. The van der Waals surface area contributed by atoms with Crippen molar-refractivity contribution in [2.75, 3.05) is 40.3 Å². The molecule has 1 saturated heterocycles. The van der Waals surface area contributed by atoms with Crippen LogP contribution in [-0.4, -0.2) is 78.4 Å². The molecule has 2 fully saturated rings. The fourth-order valence-corrected chi connectivity index (χ4v) is 4.97. The highest BCUT2D eigenvalue weighted by Crippen LogP contribution is 2.29. The lowest BCUT2D eigenvalue weighted by atomic mass is 9.97. The first-order valence-electron chi connectivity index (χ1n) is 13.2. The average molecular weight is 481 g/mol. The third kappa shape index (κ3) is 7.01. The van der Waals surface area contributed by atoms with E-state index in [0.29, 0.717) is 31.5 Å². The molecule has 0 spiro atoms. The highest BCUT2D eigenvalue weighted by molar-refractivity contribution is 5.93. The molecule has 0 unspecified atom stereocenters. The van der Waals surface area contributed by atoms with Crippen LogP contribution in [0, 0.1) is 0 Å². The minimum absolute atomic E-state index is 0.00988. The molecule has 35 heavy (non-hydrogen) atoms. The minimum atomic E-state index is -0.0786. The first-order chi connectivity index (χ1) is 17.0. The highest BCUT2D eigenvalue weighted by Gasteiger charge is 2.27. The van der Waals surface area contributed by atoms with E-state index in [9.17, 15) is 4.79 Å². The molecule has 2 heterocycles. The minimum Gasteiger partial charge on any atom is -0.490 e. The van der Waals surface area contributed by atoms with Crippen LogP contribution in [-0.2, 0) is 11.2 Å². The summed E-state index contributed by atoms with van der Waals surface area (Å²) in [7, 11) is 4.03. The standard InChI is InChI=1S/C28H40N4O3/c1-4-5-11-26-25(21-12-14-23(15-13-21)35-22-9-7-6-8-10-22)18-27(30-29-26)28(33)32-16-17-34-24(20-32)19-31(2)3/h12-15,18,22,24H,4-11,16-17,19-20H2,1-3H3/t24-/m1/s1. The number of ether oxygens (including phenoxy) is 2. The Bertz CT molecular complexity index is 957. The van der Waals surface area contributed by atoms with Crippen molar-refractivity contribution in [2.24, 2.45) is 0 Å². The zero-order chi connectivity index (χ0) is 24.6. The van der Waals surface area contributed by atoms with Gasteiger partial charge in [-0.25, -0.2) is 0 Å². The predicted molar refractivity (Wildman–Crippen MR) is 138 cm³/mol. The number of benzene rings is 1. The van der Waals surface area contributed by atoms with Gasteiger partial charge in [-0.2, -0.15) is 5.10 Å². The Hall–Kier alpha value is -2.51. The molecule has 1 aliphatic heterocycles. The maximum Gasteiger partial charge on any atom is 0.274 e. The Kier molecular flexibility index (Phi) is 9.10. The van der Waals surface area contributed by atoms with Crippen LogP contribution in [0.1, 0.15) is 68.1 Å². The van der Waals surface area contributed by atoms with E-state index in [1.165, 1.54) is 19.3 Å². The van der Waals surface area contributed by atoms with Gasteiger partial charge in [0, 0.05) is 25.2 Å². The summed E-state index contributed by atoms with van der Waals surface area (Å²) in [5, 5.41) is 8.88. The monoisotopic (exact) mass is 480 g/mol. The number of amides is 1. The number of likely N-dealkylation sites (N-methyl/N-ethyl adjacent to an activating group) is 1. The summed E-state index contributed by atoms with van der Waals surface area (Å²) in [6.45, 7) is 4.64. The largest absolute Gasteiger partial charge is 0.490 e. The van der Waals surface area contributed by atoms with Crippen molar-refractivity contribution < 1.29 is 14.3 Å². The summed E-state index contributed by atoms with van der Waals surface area (Å²) in [5.74, 6) is 0.833. The van der Waals surface area contributed by atoms with Gasteiger partial charge in [0.05, 0.1) is 24.5 Å². The molecule has 1 amide bonds. The number of carbonyl (C=O) groups is 1. The summed E-state index contributed by atoms with van der Waals surface area (Å²) in [4.78, 5) is 17.3. The van der Waals surface area contributed by atoms with Crippen LogP contribution in [0.15, 0.2) is 30.3 Å². The second kappa shape index (κ2) is 12.5. The number of hydrogen-bond donors (Lipinski definition) is 0. The van der Waals surface area contributed by atoms with Crippen molar-refractivity contribution in [3.8, 4) is 16.9 Å². The number of aromatic nitrogens is 2. The molecule has 1 atom stereocenters. The molecule has 1 aromatic heterocycles. The molecule has 0 radical (unpaired) electrons. The van der Waals surface area contributed by atoms with Gasteiger partial charge in [-0.1, -0.05) is 31.9 Å². The normalized spacial score (nSPS) is 19.2. The SMILES string of the molecule is CCCCc1nnc(C(=O)N2CCO[C@H](CN(C)C)C2)cc1-c1ccc(OC2CCCCC2)cc1. The van der Waals surface area contributed by atoms with Gasteiger partial charge in [0.2, 0.25) is 0 Å². The quantitative estimate of drug-likeness (QED) is 0.523. The molecule has 1 aliphatic carbocycles. The molecular weight excluding hydrogens is 440 g/mol. The summed E-state index contributed by atoms with van der Waals surface area (Å²) in [5.41, 5.74) is 3.37. The molecule has 1 saturated carbocycles. The van der Waals surface area contributed by atoms with E-state index in [1.54, 1.807) is 0 Å². The zero-order valence-electron chi connectivity index (χ0n) is 21.5. The Morgan fingerprint density at radius 3 is 2.63 bits per heavy atom. The Balaban J connectivity index is 1.53. The van der Waals surface area contributed by atoms with Crippen LogP contribution >= 0.6 is 0 Å². The molecule has 7 heteroatoms. The van der Waals surface area contributed by atoms with E-state index in [2.05, 4.69) is 34.2 Å². The topological polar surface area (TPSA) is 67.8 Å². The first kappa shape index (κ1) is 25.6. The van der Waals surface area contributed by atoms with Crippen molar-refractivity contribution in [1.82, 2.24) is 20.0 Å². The maximum atomic E-state index is 13.3. The van der Waals surface area contributed by atoms with Gasteiger partial charge in [0.15, 0.2) is 5.69 Å². The molecule has 0 N–H and O–H groups in total. The predicted octanol–water partition coefficient (Wildman–Crippen LogP) is 4.60. The van der Waals surface area contributed by atoms with Gasteiger partial charge in [0.1, 0.15) is 5.75 Å². The Morgan fingerprint density at radius 1 is 1.14 bits per heavy atom. The van der Waals surface area contributed by atoms with Crippen LogP contribution in [0.2, 0.25) is 0 Å². The maximum absolute atomic E-state index is 13.3. The third-order valence-corrected chi connectivity index (χ3v) is 6.87. The summed E-state index contributed by atoms with van der Waals surface area (Å²) in [6.07, 6.45) is 9.39. The lowest BCUT2D eigenvalue weighted by molar-refractivity contribution is -0.0308. The molecule has 0 bridgehead atoms. The van der Waals surface area contributed by atoms with Crippen LogP contribution in [0.5, 0.6) is 5.75 Å². The lowest BCUT2D eigenvalue weighted by Gasteiger charge is -2.34. The van der Waals surface area contributed by atoms with Crippen molar-refractivity contribution in [2.45, 2.75) is 70.5 Å². The van der Waals surface area contributed by atoms with E-state index in [1.807, 2.05) is 37.2 Å². The number of morpholine rings is 1. The van der Waals surface area contributed by atoms with Crippen LogP contribution in [0.3, 0.4) is 0 Å². The summed E-state index contributed by atoms with van der Waals surface area (Å²) >= 11 is 0.